The molecule has 3 rings (SSSR count). The number of fused-ring (bicyclic) bond motifs is 1. The molecule has 0 aliphatic rings. The average molecular weight is 225 g/mol. The molecule has 1 N–H and O–H groups in total. The number of para-hydroxylation sites is 2. The first-order chi connectivity index (χ1) is 8.34. The SMILES string of the molecule is O[C@H](c1ccccc1)c1nc2ccccc2o1. The Balaban J connectivity index is 2.04. The minimum absolute atomic E-state index is 0.331. The molecular weight excluding hydrogens is 214 g/mol. The topological polar surface area (TPSA) is 46.3 Å². The molecule has 0 radical (unpaired) electrons. The Morgan fingerprint density at radius 3 is 2.41 bits per heavy atom. The van der Waals surface area contributed by atoms with Crippen molar-refractivity contribution in [2.45, 2.75) is 6.10 Å². The average Bonchev–Trinajstić information content (AvgIpc) is 2.82. The number of hydrogen-bond acceptors (Lipinski definition) is 3. The van der Waals surface area contributed by atoms with Crippen LogP contribution in [0.15, 0.2) is 59.0 Å². The third-order valence-electron chi connectivity index (χ3n) is 2.66. The van der Waals surface area contributed by atoms with E-state index in [2.05, 4.69) is 4.98 Å². The van der Waals surface area contributed by atoms with Crippen LogP contribution < -0.4 is 0 Å². The van der Waals surface area contributed by atoms with Gasteiger partial charge in [-0.1, -0.05) is 42.5 Å². The molecule has 0 aliphatic carbocycles. The smallest absolute Gasteiger partial charge is 0.228 e. The summed E-state index contributed by atoms with van der Waals surface area (Å²) < 4.78 is 5.52. The summed E-state index contributed by atoms with van der Waals surface area (Å²) in [5.74, 6) is 0.331. The molecule has 0 fully saturated rings. The lowest BCUT2D eigenvalue weighted by Gasteiger charge is -2.05. The number of aliphatic hydroxyl groups is 1. The number of oxazole rings is 1. The first-order valence-electron chi connectivity index (χ1n) is 5.43. The molecule has 3 nitrogen and oxygen atoms in total. The van der Waals surface area contributed by atoms with Gasteiger partial charge >= 0.3 is 0 Å². The molecule has 3 aromatic rings. The summed E-state index contributed by atoms with van der Waals surface area (Å²) in [6.45, 7) is 0. The number of nitrogens with zero attached hydrogens (tertiary/aromatic N) is 1. The van der Waals surface area contributed by atoms with Gasteiger partial charge in [0.2, 0.25) is 5.89 Å². The number of benzene rings is 2. The van der Waals surface area contributed by atoms with Crippen molar-refractivity contribution in [1.29, 1.82) is 0 Å². The minimum Gasteiger partial charge on any atom is -0.437 e. The third kappa shape index (κ3) is 1.81. The maximum Gasteiger partial charge on any atom is 0.228 e. The second kappa shape index (κ2) is 4.03. The van der Waals surface area contributed by atoms with Gasteiger partial charge in [0.25, 0.3) is 0 Å². The van der Waals surface area contributed by atoms with E-state index in [1.807, 2.05) is 54.6 Å². The van der Waals surface area contributed by atoms with Gasteiger partial charge < -0.3 is 9.52 Å². The van der Waals surface area contributed by atoms with Crippen LogP contribution in [0, 0.1) is 0 Å². The molecule has 3 heteroatoms. The lowest BCUT2D eigenvalue weighted by Crippen LogP contribution is -1.99. The molecule has 17 heavy (non-hydrogen) atoms. The minimum atomic E-state index is -0.816. The van der Waals surface area contributed by atoms with Crippen LogP contribution in [0.3, 0.4) is 0 Å². The Morgan fingerprint density at radius 2 is 1.65 bits per heavy atom. The first kappa shape index (κ1) is 10.1. The molecule has 0 bridgehead atoms. The first-order valence-corrected chi connectivity index (χ1v) is 5.43. The normalized spacial score (nSPS) is 12.8. The highest BCUT2D eigenvalue weighted by Crippen LogP contribution is 2.24. The van der Waals surface area contributed by atoms with Gasteiger partial charge in [0.1, 0.15) is 5.52 Å². The molecule has 0 unspecified atom stereocenters. The highest BCUT2D eigenvalue weighted by atomic mass is 16.4. The standard InChI is InChI=1S/C14H11NO2/c16-13(10-6-2-1-3-7-10)14-15-11-8-4-5-9-12(11)17-14/h1-9,13,16H/t13-/m1/s1. The van der Waals surface area contributed by atoms with Crippen molar-refractivity contribution in [3.63, 3.8) is 0 Å². The van der Waals surface area contributed by atoms with Crippen molar-refractivity contribution < 1.29 is 9.52 Å². The van der Waals surface area contributed by atoms with Crippen LogP contribution >= 0.6 is 0 Å². The van der Waals surface area contributed by atoms with Crippen LogP contribution in [0.25, 0.3) is 11.1 Å². The summed E-state index contributed by atoms with van der Waals surface area (Å²) in [4.78, 5) is 4.27. The zero-order valence-electron chi connectivity index (χ0n) is 9.08. The van der Waals surface area contributed by atoms with E-state index in [1.54, 1.807) is 0 Å². The van der Waals surface area contributed by atoms with Gasteiger partial charge in [-0.25, -0.2) is 4.98 Å². The van der Waals surface area contributed by atoms with E-state index in [0.717, 1.165) is 11.1 Å². The fraction of sp³-hybridized carbons (Fsp3) is 0.0714. The molecule has 0 spiro atoms. The zero-order chi connectivity index (χ0) is 11.7. The number of aromatic nitrogens is 1. The number of rotatable bonds is 2. The Bertz CT molecular complexity index is 598. The van der Waals surface area contributed by atoms with E-state index in [0.29, 0.717) is 11.5 Å². The van der Waals surface area contributed by atoms with E-state index in [-0.39, 0.29) is 0 Å². The summed E-state index contributed by atoms with van der Waals surface area (Å²) in [5, 5.41) is 10.1. The molecule has 2 aromatic carbocycles. The molecule has 0 aliphatic heterocycles. The Hall–Kier alpha value is -2.13. The van der Waals surface area contributed by atoms with E-state index in [4.69, 9.17) is 4.42 Å². The van der Waals surface area contributed by atoms with Crippen LogP contribution in [0.2, 0.25) is 0 Å². The van der Waals surface area contributed by atoms with Crippen molar-refractivity contribution in [3.8, 4) is 0 Å². The Labute approximate surface area is 98.3 Å². The second-order valence-corrected chi connectivity index (χ2v) is 3.83. The van der Waals surface area contributed by atoms with E-state index in [1.165, 1.54) is 0 Å². The maximum atomic E-state index is 10.1. The Morgan fingerprint density at radius 1 is 0.941 bits per heavy atom. The lowest BCUT2D eigenvalue weighted by atomic mass is 10.1. The van der Waals surface area contributed by atoms with Crippen molar-refractivity contribution >= 4 is 11.1 Å². The summed E-state index contributed by atoms with van der Waals surface area (Å²) in [7, 11) is 0. The monoisotopic (exact) mass is 225 g/mol. The highest BCUT2D eigenvalue weighted by Gasteiger charge is 2.16. The highest BCUT2D eigenvalue weighted by molar-refractivity contribution is 5.72. The third-order valence-corrected chi connectivity index (χ3v) is 2.66. The fourth-order valence-electron chi connectivity index (χ4n) is 1.78. The lowest BCUT2D eigenvalue weighted by molar-refractivity contribution is 0.185. The van der Waals surface area contributed by atoms with Crippen molar-refractivity contribution in [3.05, 3.63) is 66.1 Å². The van der Waals surface area contributed by atoms with Crippen LogP contribution in [0.5, 0.6) is 0 Å². The van der Waals surface area contributed by atoms with Crippen LogP contribution in [0.4, 0.5) is 0 Å². The second-order valence-electron chi connectivity index (χ2n) is 3.83. The largest absolute Gasteiger partial charge is 0.437 e. The van der Waals surface area contributed by atoms with Gasteiger partial charge in [-0.2, -0.15) is 0 Å². The van der Waals surface area contributed by atoms with Crippen molar-refractivity contribution in [2.75, 3.05) is 0 Å². The molecule has 1 aromatic heterocycles. The molecule has 0 saturated heterocycles. The van der Waals surface area contributed by atoms with E-state index in [9.17, 15) is 5.11 Å². The molecule has 84 valence electrons. The molecule has 1 heterocycles. The Kier molecular flexibility index (Phi) is 2.38. The van der Waals surface area contributed by atoms with E-state index >= 15 is 0 Å². The predicted molar refractivity (Wildman–Crippen MR) is 64.5 cm³/mol. The van der Waals surface area contributed by atoms with Gasteiger partial charge in [0.15, 0.2) is 11.7 Å². The van der Waals surface area contributed by atoms with Gasteiger partial charge in [-0.05, 0) is 17.7 Å². The molecule has 1 atom stereocenters. The zero-order valence-corrected chi connectivity index (χ0v) is 9.08. The van der Waals surface area contributed by atoms with Gasteiger partial charge in [0.05, 0.1) is 0 Å². The summed E-state index contributed by atoms with van der Waals surface area (Å²) >= 11 is 0. The van der Waals surface area contributed by atoms with Crippen molar-refractivity contribution in [1.82, 2.24) is 4.98 Å². The number of hydrogen-bond donors (Lipinski definition) is 1. The molecule has 0 saturated carbocycles. The van der Waals surface area contributed by atoms with Crippen molar-refractivity contribution in [2.24, 2.45) is 0 Å². The summed E-state index contributed by atoms with van der Waals surface area (Å²) in [6, 6.07) is 16.8. The summed E-state index contributed by atoms with van der Waals surface area (Å²) in [5.41, 5.74) is 2.23. The van der Waals surface area contributed by atoms with Gasteiger partial charge in [-0.3, -0.25) is 0 Å². The molecule has 0 amide bonds. The summed E-state index contributed by atoms with van der Waals surface area (Å²) in [6.07, 6.45) is -0.816. The van der Waals surface area contributed by atoms with Gasteiger partial charge in [0, 0.05) is 0 Å². The fourth-order valence-corrected chi connectivity index (χ4v) is 1.78. The van der Waals surface area contributed by atoms with Crippen LogP contribution in [0.1, 0.15) is 17.6 Å². The van der Waals surface area contributed by atoms with Gasteiger partial charge in [-0.15, -0.1) is 0 Å². The quantitative estimate of drug-likeness (QED) is 0.729. The van der Waals surface area contributed by atoms with Crippen LogP contribution in [-0.2, 0) is 0 Å². The molecular formula is C14H11NO2. The van der Waals surface area contributed by atoms with Crippen LogP contribution in [-0.4, -0.2) is 10.1 Å². The predicted octanol–water partition coefficient (Wildman–Crippen LogP) is 2.91. The number of aliphatic hydroxyl groups excluding tert-OH is 1. The maximum absolute atomic E-state index is 10.1. The van der Waals surface area contributed by atoms with E-state index < -0.39 is 6.10 Å².